The second-order valence-corrected chi connectivity index (χ2v) is 5.65. The molecule has 0 saturated heterocycles. The van der Waals surface area contributed by atoms with Crippen molar-refractivity contribution in [3.8, 4) is 5.75 Å². The minimum Gasteiger partial charge on any atom is -0.484 e. The number of nitrogens with two attached hydrogens (primary N) is 1. The monoisotopic (exact) mass is 321 g/mol. The fourth-order valence-electron chi connectivity index (χ4n) is 2.52. The Bertz CT molecular complexity index is 596. The van der Waals surface area contributed by atoms with Crippen LogP contribution < -0.4 is 10.5 Å². The van der Waals surface area contributed by atoms with Crippen LogP contribution in [0.3, 0.4) is 0 Å². The Labute approximate surface area is 120 Å². The summed E-state index contributed by atoms with van der Waals surface area (Å²) in [5.74, 6) is 0.871. The van der Waals surface area contributed by atoms with Crippen molar-refractivity contribution in [3.63, 3.8) is 0 Å². The second kappa shape index (κ2) is 4.98. The zero-order valence-electron chi connectivity index (χ0n) is 10.7. The molecule has 1 aliphatic heterocycles. The third-order valence-corrected chi connectivity index (χ3v) is 4.02. The summed E-state index contributed by atoms with van der Waals surface area (Å²) < 4.78 is 9.21. The number of halogens is 1. The number of hydrogen-bond donors (Lipinski definition) is 1. The van der Waals surface area contributed by atoms with Crippen molar-refractivity contribution in [1.82, 2.24) is 9.55 Å². The van der Waals surface area contributed by atoms with E-state index in [4.69, 9.17) is 10.5 Å². The van der Waals surface area contributed by atoms with Crippen LogP contribution >= 0.6 is 15.9 Å². The van der Waals surface area contributed by atoms with Crippen molar-refractivity contribution in [1.29, 1.82) is 0 Å². The zero-order valence-corrected chi connectivity index (χ0v) is 12.3. The topological polar surface area (TPSA) is 53.1 Å². The van der Waals surface area contributed by atoms with Crippen LogP contribution in [0.25, 0.3) is 0 Å². The summed E-state index contributed by atoms with van der Waals surface area (Å²) in [7, 11) is 0. The molecule has 1 aromatic carbocycles. The molecule has 2 aromatic rings. The molecule has 0 radical (unpaired) electrons. The molecule has 2 N–H and O–H groups in total. The van der Waals surface area contributed by atoms with E-state index in [1.807, 2.05) is 30.7 Å². The SMILES string of the molecule is CCn1cncc1C1C[C@@H](N)c2cc(Br)ccc2O1. The number of imidazole rings is 1. The van der Waals surface area contributed by atoms with Gasteiger partial charge in [0.05, 0.1) is 18.2 Å². The van der Waals surface area contributed by atoms with Crippen LogP contribution in [-0.4, -0.2) is 9.55 Å². The van der Waals surface area contributed by atoms with Gasteiger partial charge >= 0.3 is 0 Å². The lowest BCUT2D eigenvalue weighted by Gasteiger charge is -2.30. The molecule has 19 heavy (non-hydrogen) atoms. The van der Waals surface area contributed by atoms with E-state index >= 15 is 0 Å². The van der Waals surface area contributed by atoms with Crippen LogP contribution in [0.5, 0.6) is 5.75 Å². The van der Waals surface area contributed by atoms with Crippen LogP contribution in [0.2, 0.25) is 0 Å². The Balaban J connectivity index is 1.95. The molecule has 2 atom stereocenters. The van der Waals surface area contributed by atoms with Crippen molar-refractivity contribution in [2.24, 2.45) is 5.73 Å². The molecule has 4 nitrogen and oxygen atoms in total. The van der Waals surface area contributed by atoms with Gasteiger partial charge in [0.25, 0.3) is 0 Å². The van der Waals surface area contributed by atoms with Crippen LogP contribution in [0, 0.1) is 0 Å². The number of nitrogens with zero attached hydrogens (tertiary/aromatic N) is 2. The number of aromatic nitrogens is 2. The van der Waals surface area contributed by atoms with Gasteiger partial charge in [-0.3, -0.25) is 0 Å². The molecule has 3 rings (SSSR count). The highest BCUT2D eigenvalue weighted by atomic mass is 79.9. The molecule has 0 saturated carbocycles. The van der Waals surface area contributed by atoms with Gasteiger partial charge in [0.2, 0.25) is 0 Å². The Hall–Kier alpha value is -1.33. The first kappa shape index (κ1) is 12.7. The zero-order chi connectivity index (χ0) is 13.4. The number of hydrogen-bond acceptors (Lipinski definition) is 3. The largest absolute Gasteiger partial charge is 0.484 e. The molecule has 0 fully saturated rings. The molecule has 2 heterocycles. The fourth-order valence-corrected chi connectivity index (χ4v) is 2.90. The maximum absolute atomic E-state index is 6.27. The average molecular weight is 322 g/mol. The van der Waals surface area contributed by atoms with E-state index in [2.05, 4.69) is 32.4 Å². The van der Waals surface area contributed by atoms with Gasteiger partial charge in [-0.15, -0.1) is 0 Å². The highest BCUT2D eigenvalue weighted by Crippen LogP contribution is 2.40. The molecular formula is C14H16BrN3O. The summed E-state index contributed by atoms with van der Waals surface area (Å²) in [4.78, 5) is 4.20. The van der Waals surface area contributed by atoms with E-state index in [-0.39, 0.29) is 12.1 Å². The summed E-state index contributed by atoms with van der Waals surface area (Å²) in [5.41, 5.74) is 8.43. The van der Waals surface area contributed by atoms with Gasteiger partial charge in [-0.1, -0.05) is 15.9 Å². The number of fused-ring (bicyclic) bond motifs is 1. The highest BCUT2D eigenvalue weighted by Gasteiger charge is 2.29. The molecule has 100 valence electrons. The quantitative estimate of drug-likeness (QED) is 0.924. The van der Waals surface area contributed by atoms with E-state index < -0.39 is 0 Å². The number of rotatable bonds is 2. The smallest absolute Gasteiger partial charge is 0.142 e. The first-order chi connectivity index (χ1) is 9.19. The van der Waals surface area contributed by atoms with Gasteiger partial charge in [0.15, 0.2) is 0 Å². The summed E-state index contributed by atoms with van der Waals surface area (Å²) in [6, 6.07) is 5.97. The maximum atomic E-state index is 6.27. The molecule has 1 aliphatic rings. The standard InChI is InChI=1S/C14H16BrN3O/c1-2-18-8-17-7-12(18)14-6-11(16)10-5-9(15)3-4-13(10)19-14/h3-5,7-8,11,14H,2,6,16H2,1H3/t11-,14?/m1/s1. The number of aryl methyl sites for hydroxylation is 1. The lowest BCUT2D eigenvalue weighted by molar-refractivity contribution is 0.153. The second-order valence-electron chi connectivity index (χ2n) is 4.74. The first-order valence-electron chi connectivity index (χ1n) is 6.40. The third-order valence-electron chi connectivity index (χ3n) is 3.52. The first-order valence-corrected chi connectivity index (χ1v) is 7.20. The summed E-state index contributed by atoms with van der Waals surface area (Å²) in [6.07, 6.45) is 4.45. The van der Waals surface area contributed by atoms with Crippen molar-refractivity contribution < 1.29 is 4.74 Å². The minimum atomic E-state index is -0.0221. The maximum Gasteiger partial charge on any atom is 0.142 e. The Morgan fingerprint density at radius 2 is 2.37 bits per heavy atom. The van der Waals surface area contributed by atoms with Gasteiger partial charge in [-0.25, -0.2) is 4.98 Å². The van der Waals surface area contributed by atoms with Gasteiger partial charge in [0.1, 0.15) is 11.9 Å². The molecule has 0 spiro atoms. The summed E-state index contributed by atoms with van der Waals surface area (Å²) in [6.45, 7) is 2.98. The van der Waals surface area contributed by atoms with E-state index in [0.29, 0.717) is 0 Å². The van der Waals surface area contributed by atoms with Crippen LogP contribution in [-0.2, 0) is 6.54 Å². The Morgan fingerprint density at radius 1 is 1.53 bits per heavy atom. The van der Waals surface area contributed by atoms with E-state index in [1.54, 1.807) is 0 Å². The third kappa shape index (κ3) is 2.28. The van der Waals surface area contributed by atoms with E-state index in [0.717, 1.165) is 34.4 Å². The van der Waals surface area contributed by atoms with Gasteiger partial charge in [-0.05, 0) is 25.1 Å². The minimum absolute atomic E-state index is 0.00791. The van der Waals surface area contributed by atoms with Crippen molar-refractivity contribution in [2.75, 3.05) is 0 Å². The van der Waals surface area contributed by atoms with Crippen LogP contribution in [0.1, 0.15) is 36.7 Å². The molecular weight excluding hydrogens is 306 g/mol. The predicted molar refractivity (Wildman–Crippen MR) is 77.0 cm³/mol. The molecule has 0 bridgehead atoms. The number of ether oxygens (including phenoxy) is 1. The summed E-state index contributed by atoms with van der Waals surface area (Å²) in [5, 5.41) is 0. The van der Waals surface area contributed by atoms with Gasteiger partial charge < -0.3 is 15.0 Å². The van der Waals surface area contributed by atoms with Crippen molar-refractivity contribution in [3.05, 3.63) is 46.5 Å². The molecule has 1 aromatic heterocycles. The van der Waals surface area contributed by atoms with Gasteiger partial charge in [0, 0.05) is 29.0 Å². The van der Waals surface area contributed by atoms with Crippen molar-refractivity contribution in [2.45, 2.75) is 32.0 Å². The average Bonchev–Trinajstić information content (AvgIpc) is 2.87. The Morgan fingerprint density at radius 3 is 3.16 bits per heavy atom. The molecule has 5 heteroatoms. The van der Waals surface area contributed by atoms with E-state index in [1.165, 1.54) is 0 Å². The normalized spacial score (nSPS) is 21.8. The Kier molecular flexibility index (Phi) is 3.33. The van der Waals surface area contributed by atoms with E-state index in [9.17, 15) is 0 Å². The lowest BCUT2D eigenvalue weighted by Crippen LogP contribution is -2.25. The summed E-state index contributed by atoms with van der Waals surface area (Å²) >= 11 is 3.47. The van der Waals surface area contributed by atoms with Crippen LogP contribution in [0.4, 0.5) is 0 Å². The molecule has 0 amide bonds. The number of benzene rings is 1. The lowest BCUT2D eigenvalue weighted by atomic mass is 9.96. The highest BCUT2D eigenvalue weighted by molar-refractivity contribution is 9.10. The fraction of sp³-hybridized carbons (Fsp3) is 0.357. The predicted octanol–water partition coefficient (Wildman–Crippen LogP) is 3.19. The van der Waals surface area contributed by atoms with Crippen molar-refractivity contribution >= 4 is 15.9 Å². The molecule has 0 aliphatic carbocycles. The molecule has 1 unspecified atom stereocenters. The van der Waals surface area contributed by atoms with Gasteiger partial charge in [-0.2, -0.15) is 0 Å². The van der Waals surface area contributed by atoms with Crippen LogP contribution in [0.15, 0.2) is 35.2 Å².